The van der Waals surface area contributed by atoms with Gasteiger partial charge < -0.3 is 9.84 Å². The smallest absolute Gasteiger partial charge is 0.344 e. The lowest BCUT2D eigenvalue weighted by Gasteiger charge is -2.12. The van der Waals surface area contributed by atoms with E-state index in [0.717, 1.165) is 17.3 Å². The molecule has 1 atom stereocenters. The van der Waals surface area contributed by atoms with Crippen molar-refractivity contribution < 1.29 is 24.2 Å². The highest BCUT2D eigenvalue weighted by Crippen LogP contribution is 2.33. The Kier molecular flexibility index (Phi) is 6.06. The van der Waals surface area contributed by atoms with Crippen LogP contribution >= 0.6 is 23.4 Å². The van der Waals surface area contributed by atoms with Gasteiger partial charge >= 0.3 is 5.97 Å². The van der Waals surface area contributed by atoms with Crippen molar-refractivity contribution in [2.75, 3.05) is 0 Å². The van der Waals surface area contributed by atoms with Crippen LogP contribution in [0.25, 0.3) is 6.08 Å². The quantitative estimate of drug-likeness (QED) is 0.700. The molecule has 8 heteroatoms. The Bertz CT molecular complexity index is 940. The minimum Gasteiger partial charge on any atom is -0.479 e. The van der Waals surface area contributed by atoms with Gasteiger partial charge in [0, 0.05) is 5.02 Å². The number of aliphatic carboxylic acids is 1. The van der Waals surface area contributed by atoms with Gasteiger partial charge in [0.15, 0.2) is 6.10 Å². The normalized spacial score (nSPS) is 16.5. The highest BCUT2D eigenvalue weighted by atomic mass is 35.5. The Hall–Kier alpha value is -2.77. The second-order valence-corrected chi connectivity index (χ2v) is 7.49. The number of carboxylic acids is 1. The molecule has 0 radical (unpaired) electrons. The summed E-state index contributed by atoms with van der Waals surface area (Å²) >= 11 is 6.74. The monoisotopic (exact) mass is 417 g/mol. The zero-order valence-electron chi connectivity index (χ0n) is 14.8. The highest BCUT2D eigenvalue weighted by molar-refractivity contribution is 8.18. The summed E-state index contributed by atoms with van der Waals surface area (Å²) in [4.78, 5) is 37.1. The molecule has 28 heavy (non-hydrogen) atoms. The summed E-state index contributed by atoms with van der Waals surface area (Å²) in [6, 6.07) is 13.6. The number of hydrogen-bond acceptors (Lipinski definition) is 5. The Labute approximate surface area is 170 Å². The summed E-state index contributed by atoms with van der Waals surface area (Å²) in [6.45, 7) is 1.62. The highest BCUT2D eigenvalue weighted by Gasteiger charge is 2.34. The molecule has 1 N–H and O–H groups in total. The van der Waals surface area contributed by atoms with Gasteiger partial charge in [0.2, 0.25) is 0 Å². The molecular weight excluding hydrogens is 402 g/mol. The van der Waals surface area contributed by atoms with Crippen LogP contribution in [-0.4, -0.2) is 33.2 Å². The molecule has 1 heterocycles. The van der Waals surface area contributed by atoms with Crippen LogP contribution in [0.15, 0.2) is 53.4 Å². The summed E-state index contributed by atoms with van der Waals surface area (Å²) < 4.78 is 5.27. The van der Waals surface area contributed by atoms with E-state index in [0.29, 0.717) is 21.2 Å². The number of carbonyl (C=O) groups excluding carboxylic acids is 2. The first kappa shape index (κ1) is 20.0. The number of imide groups is 1. The van der Waals surface area contributed by atoms with Gasteiger partial charge in [-0.2, -0.15) is 0 Å². The lowest BCUT2D eigenvalue weighted by molar-refractivity contribution is -0.144. The third-order valence-electron chi connectivity index (χ3n) is 3.97. The topological polar surface area (TPSA) is 83.9 Å². The predicted octanol–water partition coefficient (Wildman–Crippen LogP) is 4.43. The maximum Gasteiger partial charge on any atom is 0.344 e. The number of rotatable bonds is 6. The van der Waals surface area contributed by atoms with E-state index in [1.165, 1.54) is 11.8 Å². The van der Waals surface area contributed by atoms with Crippen molar-refractivity contribution in [1.82, 2.24) is 4.90 Å². The van der Waals surface area contributed by atoms with E-state index in [9.17, 15) is 14.4 Å². The molecule has 0 aliphatic carbocycles. The Morgan fingerprint density at radius 1 is 1.18 bits per heavy atom. The molecule has 3 rings (SSSR count). The molecule has 0 spiro atoms. The maximum atomic E-state index is 12.6. The fourth-order valence-corrected chi connectivity index (χ4v) is 3.42. The number of benzene rings is 2. The van der Waals surface area contributed by atoms with Crippen LogP contribution in [0.3, 0.4) is 0 Å². The number of carboxylic acid groups (broad SMARTS) is 1. The standard InChI is InChI=1S/C20H16ClNO5S/c1-12(19(24)25)27-16-8-4-13(5-9-16)10-17-18(23)22(20(26)28-17)11-14-2-6-15(21)7-3-14/h2-10,12H,11H2,1H3,(H,24,25)/b17-10+. The zero-order valence-corrected chi connectivity index (χ0v) is 16.4. The van der Waals surface area contributed by atoms with Crippen molar-refractivity contribution in [2.45, 2.75) is 19.6 Å². The van der Waals surface area contributed by atoms with Crippen molar-refractivity contribution in [1.29, 1.82) is 0 Å². The molecule has 1 saturated heterocycles. The molecule has 0 bridgehead atoms. The van der Waals surface area contributed by atoms with Crippen LogP contribution in [0.1, 0.15) is 18.1 Å². The van der Waals surface area contributed by atoms with E-state index in [2.05, 4.69) is 0 Å². The van der Waals surface area contributed by atoms with Crippen molar-refractivity contribution in [3.8, 4) is 5.75 Å². The molecule has 2 aromatic carbocycles. The van der Waals surface area contributed by atoms with Crippen molar-refractivity contribution in [3.05, 3.63) is 69.6 Å². The van der Waals surface area contributed by atoms with Gasteiger partial charge in [-0.15, -0.1) is 0 Å². The van der Waals surface area contributed by atoms with Crippen LogP contribution in [0.2, 0.25) is 5.02 Å². The molecule has 1 unspecified atom stereocenters. The fraction of sp³-hybridized carbons (Fsp3) is 0.150. The molecule has 0 aromatic heterocycles. The first-order chi connectivity index (χ1) is 13.3. The van der Waals surface area contributed by atoms with E-state index in [1.807, 2.05) is 0 Å². The third-order valence-corrected chi connectivity index (χ3v) is 5.13. The Morgan fingerprint density at radius 2 is 1.82 bits per heavy atom. The summed E-state index contributed by atoms with van der Waals surface area (Å²) in [5, 5.41) is 9.12. The van der Waals surface area contributed by atoms with Gasteiger partial charge in [0.1, 0.15) is 5.75 Å². The maximum absolute atomic E-state index is 12.6. The minimum absolute atomic E-state index is 0.180. The fourth-order valence-electron chi connectivity index (χ4n) is 2.46. The van der Waals surface area contributed by atoms with Gasteiger partial charge in [-0.05, 0) is 60.2 Å². The summed E-state index contributed by atoms with van der Waals surface area (Å²) in [6.07, 6.45) is 0.659. The van der Waals surface area contributed by atoms with Crippen molar-refractivity contribution in [3.63, 3.8) is 0 Å². The molecule has 1 fully saturated rings. The zero-order chi connectivity index (χ0) is 20.3. The average molecular weight is 418 g/mol. The lowest BCUT2D eigenvalue weighted by atomic mass is 10.2. The van der Waals surface area contributed by atoms with Crippen LogP contribution in [-0.2, 0) is 16.1 Å². The summed E-state index contributed by atoms with van der Waals surface area (Å²) in [7, 11) is 0. The van der Waals surface area contributed by atoms with Crippen molar-refractivity contribution in [2.24, 2.45) is 0 Å². The first-order valence-corrected chi connectivity index (χ1v) is 9.52. The van der Waals surface area contributed by atoms with Crippen LogP contribution in [0, 0.1) is 0 Å². The number of hydrogen-bond donors (Lipinski definition) is 1. The third kappa shape index (κ3) is 4.74. The van der Waals surface area contributed by atoms with Gasteiger partial charge in [0.05, 0.1) is 11.4 Å². The molecule has 1 aliphatic heterocycles. The Morgan fingerprint density at radius 3 is 2.43 bits per heavy atom. The van der Waals surface area contributed by atoms with Crippen LogP contribution < -0.4 is 4.74 Å². The first-order valence-electron chi connectivity index (χ1n) is 8.33. The van der Waals surface area contributed by atoms with Gasteiger partial charge in [-0.25, -0.2) is 4.79 Å². The van der Waals surface area contributed by atoms with E-state index in [1.54, 1.807) is 54.6 Å². The van der Waals surface area contributed by atoms with Gasteiger partial charge in [0.25, 0.3) is 11.1 Å². The predicted molar refractivity (Wildman–Crippen MR) is 107 cm³/mol. The molecular formula is C20H16ClNO5S. The van der Waals surface area contributed by atoms with E-state index in [4.69, 9.17) is 21.4 Å². The van der Waals surface area contributed by atoms with Crippen molar-refractivity contribution >= 4 is 46.6 Å². The number of nitrogens with zero attached hydrogens (tertiary/aromatic N) is 1. The Balaban J connectivity index is 1.70. The number of halogens is 1. The lowest BCUT2D eigenvalue weighted by Crippen LogP contribution is -2.27. The van der Waals surface area contributed by atoms with E-state index >= 15 is 0 Å². The second-order valence-electron chi connectivity index (χ2n) is 6.06. The molecule has 144 valence electrons. The van der Waals surface area contributed by atoms with Gasteiger partial charge in [-0.3, -0.25) is 14.5 Å². The average Bonchev–Trinajstić information content (AvgIpc) is 2.92. The molecule has 2 aromatic rings. The van der Waals surface area contributed by atoms with E-state index in [-0.39, 0.29) is 17.7 Å². The molecule has 2 amide bonds. The minimum atomic E-state index is -1.06. The second kappa shape index (κ2) is 8.50. The SMILES string of the molecule is CC(Oc1ccc(/C=C2/SC(=O)N(Cc3ccc(Cl)cc3)C2=O)cc1)C(=O)O. The number of ether oxygens (including phenoxy) is 1. The molecule has 1 aliphatic rings. The van der Waals surface area contributed by atoms with Gasteiger partial charge in [-0.1, -0.05) is 35.9 Å². The number of amides is 2. The van der Waals surface area contributed by atoms with Crippen LogP contribution in [0.5, 0.6) is 5.75 Å². The number of thioether (sulfide) groups is 1. The largest absolute Gasteiger partial charge is 0.479 e. The van der Waals surface area contributed by atoms with Crippen LogP contribution in [0.4, 0.5) is 4.79 Å². The van der Waals surface area contributed by atoms with E-state index < -0.39 is 12.1 Å². The number of carbonyl (C=O) groups is 3. The molecule has 6 nitrogen and oxygen atoms in total. The summed E-state index contributed by atoms with van der Waals surface area (Å²) in [5.41, 5.74) is 1.51. The molecule has 0 saturated carbocycles. The summed E-state index contributed by atoms with van der Waals surface area (Å²) in [5.74, 6) is -1.01.